The molecule has 0 unspecified atom stereocenters. The van der Waals surface area contributed by atoms with Crippen molar-refractivity contribution in [2.24, 2.45) is 5.92 Å². The highest BCUT2D eigenvalue weighted by molar-refractivity contribution is 5.76. The van der Waals surface area contributed by atoms with Gasteiger partial charge in [0.2, 0.25) is 0 Å². The molecule has 0 bridgehead atoms. The lowest BCUT2D eigenvalue weighted by molar-refractivity contribution is -0.385. The van der Waals surface area contributed by atoms with E-state index in [0.29, 0.717) is 23.6 Å². The number of hydrogen-bond donors (Lipinski definition) is 1. The standard InChI is InChI=1S/C16H16N4O3/c1-10(2)9-23-14-6-5-11(8-13(14)20(21)22)15-18-12-4-3-7-17-16(12)19-15/h3-8,10H,9H2,1-2H3,(H,17,18,19). The van der Waals surface area contributed by atoms with Crippen LogP contribution in [0.15, 0.2) is 36.5 Å². The van der Waals surface area contributed by atoms with Crippen molar-refractivity contribution >= 4 is 16.9 Å². The molecule has 1 aromatic carbocycles. The van der Waals surface area contributed by atoms with Crippen LogP contribution in [0.3, 0.4) is 0 Å². The molecule has 0 aliphatic carbocycles. The maximum atomic E-state index is 11.3. The molecule has 0 aliphatic rings. The average molecular weight is 312 g/mol. The molecule has 0 saturated carbocycles. The minimum atomic E-state index is -0.444. The minimum Gasteiger partial charge on any atom is -0.487 e. The van der Waals surface area contributed by atoms with E-state index in [2.05, 4.69) is 15.0 Å². The predicted octanol–water partition coefficient (Wildman–Crippen LogP) is 3.57. The zero-order chi connectivity index (χ0) is 16.4. The van der Waals surface area contributed by atoms with Gasteiger partial charge in [0.05, 0.1) is 17.0 Å². The highest BCUT2D eigenvalue weighted by Gasteiger charge is 2.18. The summed E-state index contributed by atoms with van der Waals surface area (Å²) in [4.78, 5) is 22.5. The number of H-pyrrole nitrogens is 1. The molecule has 3 aromatic rings. The van der Waals surface area contributed by atoms with Crippen molar-refractivity contribution in [1.82, 2.24) is 15.0 Å². The van der Waals surface area contributed by atoms with Crippen LogP contribution in [-0.2, 0) is 0 Å². The third-order valence-corrected chi connectivity index (χ3v) is 3.26. The molecule has 0 saturated heterocycles. The lowest BCUT2D eigenvalue weighted by Gasteiger charge is -2.09. The molecule has 2 aromatic heterocycles. The van der Waals surface area contributed by atoms with E-state index in [1.807, 2.05) is 19.9 Å². The van der Waals surface area contributed by atoms with Gasteiger partial charge in [-0.1, -0.05) is 13.8 Å². The van der Waals surface area contributed by atoms with Crippen LogP contribution in [-0.4, -0.2) is 26.5 Å². The van der Waals surface area contributed by atoms with E-state index in [1.54, 1.807) is 24.4 Å². The van der Waals surface area contributed by atoms with Crippen molar-refractivity contribution in [2.75, 3.05) is 6.61 Å². The molecule has 7 nitrogen and oxygen atoms in total. The maximum Gasteiger partial charge on any atom is 0.311 e. The number of aromatic amines is 1. The van der Waals surface area contributed by atoms with Crippen molar-refractivity contribution in [3.63, 3.8) is 0 Å². The summed E-state index contributed by atoms with van der Waals surface area (Å²) in [6.07, 6.45) is 1.65. The first-order chi connectivity index (χ1) is 11.0. The fraction of sp³-hybridized carbons (Fsp3) is 0.250. The van der Waals surface area contributed by atoms with Gasteiger partial charge in [0.1, 0.15) is 5.82 Å². The van der Waals surface area contributed by atoms with Crippen LogP contribution in [0.4, 0.5) is 5.69 Å². The van der Waals surface area contributed by atoms with Gasteiger partial charge in [0.25, 0.3) is 0 Å². The number of rotatable bonds is 5. The molecule has 0 amide bonds. The summed E-state index contributed by atoms with van der Waals surface area (Å²) in [6.45, 7) is 4.40. The summed E-state index contributed by atoms with van der Waals surface area (Å²) >= 11 is 0. The highest BCUT2D eigenvalue weighted by Crippen LogP contribution is 2.32. The molecule has 0 fully saturated rings. The Morgan fingerprint density at radius 1 is 1.35 bits per heavy atom. The van der Waals surface area contributed by atoms with Gasteiger partial charge in [-0.05, 0) is 30.2 Å². The number of fused-ring (bicyclic) bond motifs is 1. The smallest absolute Gasteiger partial charge is 0.311 e. The zero-order valence-electron chi connectivity index (χ0n) is 12.8. The molecular formula is C16H16N4O3. The summed E-state index contributed by atoms with van der Waals surface area (Å²) in [5.74, 6) is 1.09. The Kier molecular flexibility index (Phi) is 3.92. The number of pyridine rings is 1. The van der Waals surface area contributed by atoms with Gasteiger partial charge in [-0.15, -0.1) is 0 Å². The number of hydrogen-bond acceptors (Lipinski definition) is 5. The molecule has 0 aliphatic heterocycles. The second-order valence-electron chi connectivity index (χ2n) is 5.60. The Balaban J connectivity index is 1.99. The molecule has 23 heavy (non-hydrogen) atoms. The van der Waals surface area contributed by atoms with Crippen LogP contribution in [0, 0.1) is 16.0 Å². The lowest BCUT2D eigenvalue weighted by atomic mass is 10.1. The Morgan fingerprint density at radius 3 is 2.87 bits per heavy atom. The topological polar surface area (TPSA) is 93.9 Å². The van der Waals surface area contributed by atoms with Crippen LogP contribution >= 0.6 is 0 Å². The van der Waals surface area contributed by atoms with Crippen LogP contribution < -0.4 is 4.74 Å². The van der Waals surface area contributed by atoms with Gasteiger partial charge in [-0.25, -0.2) is 9.97 Å². The second kappa shape index (κ2) is 6.04. The summed E-state index contributed by atoms with van der Waals surface area (Å²) in [6, 6.07) is 8.48. The molecular weight excluding hydrogens is 296 g/mol. The van der Waals surface area contributed by atoms with Gasteiger partial charge < -0.3 is 9.72 Å². The van der Waals surface area contributed by atoms with Crippen molar-refractivity contribution < 1.29 is 9.66 Å². The number of nitro benzene ring substituents is 1. The van der Waals surface area contributed by atoms with E-state index in [1.165, 1.54) is 6.07 Å². The molecule has 7 heteroatoms. The predicted molar refractivity (Wildman–Crippen MR) is 86.3 cm³/mol. The summed E-state index contributed by atoms with van der Waals surface area (Å²) in [5, 5.41) is 11.3. The summed E-state index contributed by atoms with van der Waals surface area (Å²) in [5.41, 5.74) is 1.90. The Labute approximate surface area is 132 Å². The Hall–Kier alpha value is -2.96. The largest absolute Gasteiger partial charge is 0.487 e. The molecule has 1 N–H and O–H groups in total. The van der Waals surface area contributed by atoms with Crippen LogP contribution in [0.5, 0.6) is 5.75 Å². The monoisotopic (exact) mass is 312 g/mol. The number of benzene rings is 1. The van der Waals surface area contributed by atoms with E-state index in [4.69, 9.17) is 4.74 Å². The second-order valence-corrected chi connectivity index (χ2v) is 5.60. The van der Waals surface area contributed by atoms with Gasteiger partial charge in [0, 0.05) is 17.8 Å². The third-order valence-electron chi connectivity index (χ3n) is 3.26. The molecule has 0 atom stereocenters. The van der Waals surface area contributed by atoms with E-state index >= 15 is 0 Å². The number of nitrogens with one attached hydrogen (secondary N) is 1. The molecule has 3 rings (SSSR count). The van der Waals surface area contributed by atoms with E-state index < -0.39 is 4.92 Å². The number of aromatic nitrogens is 3. The fourth-order valence-electron chi connectivity index (χ4n) is 2.17. The number of imidazole rings is 1. The quantitative estimate of drug-likeness (QED) is 0.574. The van der Waals surface area contributed by atoms with E-state index in [-0.39, 0.29) is 17.4 Å². The zero-order valence-corrected chi connectivity index (χ0v) is 12.8. The van der Waals surface area contributed by atoms with E-state index in [9.17, 15) is 10.1 Å². The molecule has 2 heterocycles. The Bertz CT molecular complexity index is 824. The first-order valence-corrected chi connectivity index (χ1v) is 7.27. The van der Waals surface area contributed by atoms with Crippen molar-refractivity contribution in [3.8, 4) is 17.1 Å². The minimum absolute atomic E-state index is 0.0726. The van der Waals surface area contributed by atoms with Crippen molar-refractivity contribution in [2.45, 2.75) is 13.8 Å². The first kappa shape index (κ1) is 15.0. The van der Waals surface area contributed by atoms with Gasteiger partial charge in [-0.3, -0.25) is 10.1 Å². The third kappa shape index (κ3) is 3.13. The number of nitrogens with zero attached hydrogens (tertiary/aromatic N) is 3. The van der Waals surface area contributed by atoms with Crippen LogP contribution in [0.2, 0.25) is 0 Å². The maximum absolute atomic E-state index is 11.3. The fourth-order valence-corrected chi connectivity index (χ4v) is 2.17. The van der Waals surface area contributed by atoms with Crippen molar-refractivity contribution in [3.05, 3.63) is 46.6 Å². The SMILES string of the molecule is CC(C)COc1ccc(-c2nc3ncccc3[nH]2)cc1[N+](=O)[O-]. The molecule has 118 valence electrons. The number of nitro groups is 1. The molecule has 0 spiro atoms. The Morgan fingerprint density at radius 2 is 2.17 bits per heavy atom. The van der Waals surface area contributed by atoms with E-state index in [0.717, 1.165) is 5.52 Å². The van der Waals surface area contributed by atoms with Crippen molar-refractivity contribution in [1.29, 1.82) is 0 Å². The number of ether oxygens (including phenoxy) is 1. The summed E-state index contributed by atoms with van der Waals surface area (Å²) in [7, 11) is 0. The first-order valence-electron chi connectivity index (χ1n) is 7.27. The van der Waals surface area contributed by atoms with Gasteiger partial charge >= 0.3 is 5.69 Å². The normalized spacial score (nSPS) is 11.1. The lowest BCUT2D eigenvalue weighted by Crippen LogP contribution is -2.06. The average Bonchev–Trinajstić information content (AvgIpc) is 2.96. The van der Waals surface area contributed by atoms with Gasteiger partial charge in [-0.2, -0.15) is 0 Å². The van der Waals surface area contributed by atoms with Gasteiger partial charge in [0.15, 0.2) is 11.4 Å². The summed E-state index contributed by atoms with van der Waals surface area (Å²) < 4.78 is 5.53. The van der Waals surface area contributed by atoms with Crippen LogP contribution in [0.25, 0.3) is 22.6 Å². The highest BCUT2D eigenvalue weighted by atomic mass is 16.6. The molecule has 0 radical (unpaired) electrons. The van der Waals surface area contributed by atoms with Crippen LogP contribution in [0.1, 0.15) is 13.8 Å².